The van der Waals surface area contributed by atoms with Crippen LogP contribution in [0.4, 0.5) is 0 Å². The van der Waals surface area contributed by atoms with Crippen molar-refractivity contribution in [2.24, 2.45) is 5.73 Å². The number of benzene rings is 1. The van der Waals surface area contributed by atoms with Crippen LogP contribution in [0.25, 0.3) is 0 Å². The van der Waals surface area contributed by atoms with Crippen molar-refractivity contribution < 1.29 is 0 Å². The molecule has 0 aromatic heterocycles. The Morgan fingerprint density at radius 1 is 1.33 bits per heavy atom. The molecule has 1 rings (SSSR count). The maximum atomic E-state index is 5.82. The molecule has 1 aromatic rings. The van der Waals surface area contributed by atoms with E-state index in [4.69, 9.17) is 17.3 Å². The van der Waals surface area contributed by atoms with Gasteiger partial charge in [0, 0.05) is 31.2 Å². The van der Waals surface area contributed by atoms with E-state index in [0.717, 1.165) is 24.7 Å². The fourth-order valence-corrected chi connectivity index (χ4v) is 1.57. The number of hydrogen-bond acceptors (Lipinski definition) is 2. The van der Waals surface area contributed by atoms with Gasteiger partial charge in [-0.1, -0.05) is 29.8 Å². The predicted octanol–water partition coefficient (Wildman–Crippen LogP) is 2.29. The van der Waals surface area contributed by atoms with Crippen LogP contribution < -0.4 is 5.73 Å². The summed E-state index contributed by atoms with van der Waals surface area (Å²) in [6.07, 6.45) is 1.89. The molecule has 0 saturated carbocycles. The summed E-state index contributed by atoms with van der Waals surface area (Å²) in [4.78, 5) is 2.25. The lowest BCUT2D eigenvalue weighted by molar-refractivity contribution is 0.303. The van der Waals surface area contributed by atoms with Crippen LogP contribution in [0, 0.1) is 0 Å². The summed E-state index contributed by atoms with van der Waals surface area (Å²) >= 11 is 5.82. The Bertz CT molecular complexity index is 295. The van der Waals surface area contributed by atoms with Crippen molar-refractivity contribution in [3.63, 3.8) is 0 Å². The summed E-state index contributed by atoms with van der Waals surface area (Å²) in [5.41, 5.74) is 6.79. The van der Waals surface area contributed by atoms with Gasteiger partial charge in [-0.25, -0.2) is 0 Å². The molecular weight excluding hydrogens is 208 g/mol. The van der Waals surface area contributed by atoms with Gasteiger partial charge in [0.1, 0.15) is 0 Å². The highest BCUT2D eigenvalue weighted by Crippen LogP contribution is 2.11. The van der Waals surface area contributed by atoms with E-state index < -0.39 is 0 Å². The van der Waals surface area contributed by atoms with Gasteiger partial charge in [0.05, 0.1) is 0 Å². The zero-order valence-corrected chi connectivity index (χ0v) is 9.58. The second-order valence-corrected chi connectivity index (χ2v) is 3.88. The minimum atomic E-state index is 0.668. The number of halogens is 1. The average molecular weight is 225 g/mol. The van der Waals surface area contributed by atoms with E-state index in [9.17, 15) is 0 Å². The summed E-state index contributed by atoms with van der Waals surface area (Å²) in [5.74, 6) is 0. The van der Waals surface area contributed by atoms with Crippen molar-refractivity contribution >= 4 is 11.6 Å². The second kappa shape index (κ2) is 6.62. The Morgan fingerprint density at radius 2 is 2.00 bits per heavy atom. The fraction of sp³-hybridized carbons (Fsp3) is 0.333. The Balaban J connectivity index is 2.56. The van der Waals surface area contributed by atoms with Crippen LogP contribution in [-0.2, 0) is 6.54 Å². The van der Waals surface area contributed by atoms with Crippen LogP contribution in [0.5, 0.6) is 0 Å². The molecule has 0 unspecified atom stereocenters. The number of hydrogen-bond donors (Lipinski definition) is 1. The summed E-state index contributed by atoms with van der Waals surface area (Å²) in [7, 11) is 0. The molecule has 0 aliphatic rings. The highest BCUT2D eigenvalue weighted by Gasteiger charge is 2.02. The van der Waals surface area contributed by atoms with Crippen molar-refractivity contribution in [3.8, 4) is 0 Å². The molecule has 2 N–H and O–H groups in total. The molecule has 3 heteroatoms. The van der Waals surface area contributed by atoms with E-state index >= 15 is 0 Å². The van der Waals surface area contributed by atoms with E-state index in [-0.39, 0.29) is 0 Å². The lowest BCUT2D eigenvalue weighted by Gasteiger charge is -2.19. The first-order chi connectivity index (χ1) is 7.26. The molecular formula is C12H17ClN2. The molecule has 0 aliphatic heterocycles. The molecule has 82 valence electrons. The minimum Gasteiger partial charge on any atom is -0.329 e. The van der Waals surface area contributed by atoms with E-state index in [1.807, 2.05) is 30.3 Å². The molecule has 0 amide bonds. The molecule has 0 aliphatic carbocycles. The predicted molar refractivity (Wildman–Crippen MR) is 66.0 cm³/mol. The monoisotopic (exact) mass is 224 g/mol. The summed E-state index contributed by atoms with van der Waals surface area (Å²) in [6, 6.07) is 7.89. The third-order valence-corrected chi connectivity index (χ3v) is 2.40. The minimum absolute atomic E-state index is 0.668. The largest absolute Gasteiger partial charge is 0.329 e. The lowest BCUT2D eigenvalue weighted by Crippen LogP contribution is -2.29. The number of rotatable bonds is 6. The molecule has 0 radical (unpaired) electrons. The van der Waals surface area contributed by atoms with Crippen molar-refractivity contribution in [2.45, 2.75) is 6.54 Å². The zero-order valence-electron chi connectivity index (χ0n) is 8.82. The van der Waals surface area contributed by atoms with Crippen molar-refractivity contribution in [1.29, 1.82) is 0 Å². The SMILES string of the molecule is C=CCN(CCN)Cc1ccc(Cl)cc1. The highest BCUT2D eigenvalue weighted by molar-refractivity contribution is 6.30. The van der Waals surface area contributed by atoms with Gasteiger partial charge < -0.3 is 5.73 Å². The topological polar surface area (TPSA) is 29.3 Å². The van der Waals surface area contributed by atoms with E-state index in [1.54, 1.807) is 0 Å². The van der Waals surface area contributed by atoms with Gasteiger partial charge in [-0.3, -0.25) is 4.90 Å². The van der Waals surface area contributed by atoms with Crippen molar-refractivity contribution in [2.75, 3.05) is 19.6 Å². The molecule has 1 aromatic carbocycles. The van der Waals surface area contributed by atoms with Crippen LogP contribution in [-0.4, -0.2) is 24.5 Å². The third-order valence-electron chi connectivity index (χ3n) is 2.15. The molecule has 15 heavy (non-hydrogen) atoms. The maximum Gasteiger partial charge on any atom is 0.0406 e. The van der Waals surface area contributed by atoms with Gasteiger partial charge in [0.25, 0.3) is 0 Å². The van der Waals surface area contributed by atoms with Crippen LogP contribution in [0.15, 0.2) is 36.9 Å². The van der Waals surface area contributed by atoms with Crippen LogP contribution in [0.2, 0.25) is 5.02 Å². The van der Waals surface area contributed by atoms with Gasteiger partial charge >= 0.3 is 0 Å². The first kappa shape index (κ1) is 12.2. The summed E-state index contributed by atoms with van der Waals surface area (Å²) < 4.78 is 0. The lowest BCUT2D eigenvalue weighted by atomic mass is 10.2. The van der Waals surface area contributed by atoms with Crippen LogP contribution in [0.1, 0.15) is 5.56 Å². The average Bonchev–Trinajstić information content (AvgIpc) is 2.22. The van der Waals surface area contributed by atoms with Crippen molar-refractivity contribution in [1.82, 2.24) is 4.90 Å². The molecule has 2 nitrogen and oxygen atoms in total. The van der Waals surface area contributed by atoms with Gasteiger partial charge in [0.2, 0.25) is 0 Å². The van der Waals surface area contributed by atoms with Gasteiger partial charge in [-0.2, -0.15) is 0 Å². The number of nitrogens with zero attached hydrogens (tertiary/aromatic N) is 1. The standard InChI is InChI=1S/C12H17ClN2/c1-2-8-15(9-7-14)10-11-3-5-12(13)6-4-11/h2-6H,1,7-10,14H2. The maximum absolute atomic E-state index is 5.82. The second-order valence-electron chi connectivity index (χ2n) is 3.44. The van der Waals surface area contributed by atoms with E-state index in [2.05, 4.69) is 11.5 Å². The Labute approximate surface area is 96.3 Å². The molecule has 0 saturated heterocycles. The Morgan fingerprint density at radius 3 is 2.53 bits per heavy atom. The van der Waals surface area contributed by atoms with E-state index in [1.165, 1.54) is 5.56 Å². The molecule has 0 bridgehead atoms. The molecule has 0 atom stereocenters. The van der Waals surface area contributed by atoms with Crippen LogP contribution in [0.3, 0.4) is 0 Å². The normalized spacial score (nSPS) is 10.6. The van der Waals surface area contributed by atoms with Crippen molar-refractivity contribution in [3.05, 3.63) is 47.5 Å². The number of nitrogens with two attached hydrogens (primary N) is 1. The third kappa shape index (κ3) is 4.47. The first-order valence-corrected chi connectivity index (χ1v) is 5.42. The van der Waals surface area contributed by atoms with Gasteiger partial charge in [-0.15, -0.1) is 6.58 Å². The smallest absolute Gasteiger partial charge is 0.0406 e. The van der Waals surface area contributed by atoms with Gasteiger partial charge in [-0.05, 0) is 17.7 Å². The Kier molecular flexibility index (Phi) is 5.40. The first-order valence-electron chi connectivity index (χ1n) is 5.04. The Hall–Kier alpha value is -0.830. The van der Waals surface area contributed by atoms with E-state index in [0.29, 0.717) is 6.54 Å². The molecule has 0 spiro atoms. The fourth-order valence-electron chi connectivity index (χ4n) is 1.45. The summed E-state index contributed by atoms with van der Waals surface area (Å²) in [5, 5.41) is 0.771. The van der Waals surface area contributed by atoms with Gasteiger partial charge in [0.15, 0.2) is 0 Å². The quantitative estimate of drug-likeness (QED) is 0.752. The zero-order chi connectivity index (χ0) is 11.1. The summed E-state index contributed by atoms with van der Waals surface area (Å²) in [6.45, 7) is 7.04. The van der Waals surface area contributed by atoms with Crippen LogP contribution >= 0.6 is 11.6 Å². The molecule has 0 heterocycles. The highest BCUT2D eigenvalue weighted by atomic mass is 35.5. The molecule has 0 fully saturated rings.